The van der Waals surface area contributed by atoms with Crippen molar-refractivity contribution in [1.29, 1.82) is 0 Å². The van der Waals surface area contributed by atoms with Crippen LogP contribution in [0.1, 0.15) is 0 Å². The Morgan fingerprint density at radius 1 is 1.08 bits per heavy atom. The van der Waals surface area contributed by atoms with Crippen molar-refractivity contribution in [3.63, 3.8) is 0 Å². The van der Waals surface area contributed by atoms with Crippen molar-refractivity contribution in [2.75, 3.05) is 0 Å². The third-order valence-corrected chi connectivity index (χ3v) is 1.46. The van der Waals surface area contributed by atoms with E-state index < -0.39 is 7.25 Å². The SMILES string of the molecule is F[B-](F)(F)F.Fc1cccc(I)c1. The molecule has 0 aromatic heterocycles. The summed E-state index contributed by atoms with van der Waals surface area (Å²) >= 11 is 2.07. The molecule has 0 spiro atoms. The molecule has 0 heterocycles. The molecule has 0 amide bonds. The standard InChI is InChI=1S/C6H4FI.BF4/c7-5-2-1-3-6(8)4-5;2-1(3,4)5/h1-4H;/q;-1. The molecule has 13 heavy (non-hydrogen) atoms. The third-order valence-electron chi connectivity index (χ3n) is 0.787. The van der Waals surface area contributed by atoms with Crippen molar-refractivity contribution in [3.05, 3.63) is 33.7 Å². The highest BCUT2D eigenvalue weighted by Gasteiger charge is 2.20. The van der Waals surface area contributed by atoms with Crippen molar-refractivity contribution >= 4 is 29.8 Å². The maximum atomic E-state index is 12.2. The normalized spacial score (nSPS) is 10.3. The fourth-order valence-electron chi connectivity index (χ4n) is 0.460. The number of hydrogen-bond donors (Lipinski definition) is 0. The molecule has 0 nitrogen and oxygen atoms in total. The molecule has 0 saturated carbocycles. The number of benzene rings is 1. The zero-order chi connectivity index (χ0) is 10.5. The summed E-state index contributed by atoms with van der Waals surface area (Å²) in [6.45, 7) is 0. The van der Waals surface area contributed by atoms with Gasteiger partial charge in [-0.15, -0.1) is 0 Å². The number of hydrogen-bond acceptors (Lipinski definition) is 0. The fourth-order valence-corrected chi connectivity index (χ4v) is 0.965. The minimum atomic E-state index is -6.00. The Morgan fingerprint density at radius 2 is 1.54 bits per heavy atom. The van der Waals surface area contributed by atoms with Crippen LogP contribution in [-0.2, 0) is 0 Å². The second kappa shape index (κ2) is 5.41. The van der Waals surface area contributed by atoms with Gasteiger partial charge in [0.05, 0.1) is 0 Å². The molecule has 1 aromatic rings. The molecular formula is C6H4BF5I-. The van der Waals surface area contributed by atoms with E-state index in [0.717, 1.165) is 3.57 Å². The lowest BCUT2D eigenvalue weighted by molar-refractivity contribution is 0.368. The van der Waals surface area contributed by atoms with Crippen LogP contribution in [0.2, 0.25) is 0 Å². The molecule has 0 unspecified atom stereocenters. The Hall–Kier alpha value is -0.335. The van der Waals surface area contributed by atoms with E-state index in [2.05, 4.69) is 22.6 Å². The van der Waals surface area contributed by atoms with Crippen LogP contribution in [0.15, 0.2) is 24.3 Å². The van der Waals surface area contributed by atoms with Crippen LogP contribution in [0.25, 0.3) is 0 Å². The van der Waals surface area contributed by atoms with Gasteiger partial charge in [-0.2, -0.15) is 0 Å². The average Bonchev–Trinajstić information content (AvgIpc) is 1.81. The lowest BCUT2D eigenvalue weighted by Crippen LogP contribution is -2.02. The highest BCUT2D eigenvalue weighted by molar-refractivity contribution is 14.1. The second-order valence-corrected chi connectivity index (χ2v) is 3.18. The Labute approximate surface area is 85.4 Å². The molecule has 7 heteroatoms. The zero-order valence-electron chi connectivity index (χ0n) is 6.15. The summed E-state index contributed by atoms with van der Waals surface area (Å²) < 4.78 is 52.1. The maximum absolute atomic E-state index is 12.2. The van der Waals surface area contributed by atoms with E-state index >= 15 is 0 Å². The van der Waals surface area contributed by atoms with E-state index in [1.165, 1.54) is 12.1 Å². The highest BCUT2D eigenvalue weighted by atomic mass is 127. The summed E-state index contributed by atoms with van der Waals surface area (Å²) in [6.07, 6.45) is 0. The Bertz CT molecular complexity index is 238. The van der Waals surface area contributed by atoms with Crippen LogP contribution in [-0.4, -0.2) is 7.25 Å². The summed E-state index contributed by atoms with van der Waals surface area (Å²) in [7, 11) is -6.00. The summed E-state index contributed by atoms with van der Waals surface area (Å²) in [5, 5.41) is 0. The monoisotopic (exact) mass is 309 g/mol. The molecule has 0 atom stereocenters. The Balaban J connectivity index is 0.000000252. The first-order valence-electron chi connectivity index (χ1n) is 3.07. The quantitative estimate of drug-likeness (QED) is 0.389. The maximum Gasteiger partial charge on any atom is 0.673 e. The molecule has 0 radical (unpaired) electrons. The second-order valence-electron chi connectivity index (χ2n) is 1.93. The predicted molar refractivity (Wildman–Crippen MR) is 49.3 cm³/mol. The van der Waals surface area contributed by atoms with E-state index in [9.17, 15) is 21.7 Å². The van der Waals surface area contributed by atoms with Crippen LogP contribution in [0.5, 0.6) is 0 Å². The minimum absolute atomic E-state index is 0.170. The van der Waals surface area contributed by atoms with Crippen LogP contribution in [0.3, 0.4) is 0 Å². The minimum Gasteiger partial charge on any atom is -0.418 e. The number of rotatable bonds is 0. The van der Waals surface area contributed by atoms with Gasteiger partial charge in [0.15, 0.2) is 0 Å². The lowest BCUT2D eigenvalue weighted by Gasteiger charge is -1.94. The van der Waals surface area contributed by atoms with Gasteiger partial charge in [0.1, 0.15) is 5.82 Å². The molecule has 0 aliphatic carbocycles. The smallest absolute Gasteiger partial charge is 0.418 e. The van der Waals surface area contributed by atoms with Crippen LogP contribution in [0, 0.1) is 9.39 Å². The Kier molecular flexibility index (Phi) is 5.27. The zero-order valence-corrected chi connectivity index (χ0v) is 8.31. The molecule has 74 valence electrons. The van der Waals surface area contributed by atoms with Gasteiger partial charge in [0.2, 0.25) is 0 Å². The molecule has 0 bridgehead atoms. The molecule has 0 saturated heterocycles. The van der Waals surface area contributed by atoms with E-state index in [0.29, 0.717) is 0 Å². The molecule has 0 N–H and O–H groups in total. The van der Waals surface area contributed by atoms with Crippen molar-refractivity contribution in [3.8, 4) is 0 Å². The molecule has 1 aromatic carbocycles. The molecule has 0 aliphatic rings. The summed E-state index contributed by atoms with van der Waals surface area (Å²) in [6, 6.07) is 6.46. The predicted octanol–water partition coefficient (Wildman–Crippen LogP) is 3.73. The lowest BCUT2D eigenvalue weighted by atomic mass is 10.3. The van der Waals surface area contributed by atoms with Crippen molar-refractivity contribution in [2.24, 2.45) is 0 Å². The molecule has 0 fully saturated rings. The van der Waals surface area contributed by atoms with Crippen molar-refractivity contribution < 1.29 is 21.7 Å². The summed E-state index contributed by atoms with van der Waals surface area (Å²) in [5.41, 5.74) is 0. The molecule has 0 aliphatic heterocycles. The van der Waals surface area contributed by atoms with Crippen molar-refractivity contribution in [1.82, 2.24) is 0 Å². The van der Waals surface area contributed by atoms with Gasteiger partial charge < -0.3 is 17.3 Å². The largest absolute Gasteiger partial charge is 0.673 e. The number of halogens is 6. The van der Waals surface area contributed by atoms with Gasteiger partial charge in [-0.25, -0.2) is 4.39 Å². The first-order chi connectivity index (χ1) is 5.79. The summed E-state index contributed by atoms with van der Waals surface area (Å²) in [5.74, 6) is -0.170. The van der Waals surface area contributed by atoms with Gasteiger partial charge in [0, 0.05) is 3.57 Å². The fraction of sp³-hybridized carbons (Fsp3) is 0. The van der Waals surface area contributed by atoms with Crippen LogP contribution >= 0.6 is 22.6 Å². The van der Waals surface area contributed by atoms with Crippen LogP contribution < -0.4 is 0 Å². The van der Waals surface area contributed by atoms with Gasteiger partial charge in [0.25, 0.3) is 0 Å². The first-order valence-corrected chi connectivity index (χ1v) is 4.15. The van der Waals surface area contributed by atoms with E-state index in [1.807, 2.05) is 6.07 Å². The van der Waals surface area contributed by atoms with Gasteiger partial charge >= 0.3 is 7.25 Å². The topological polar surface area (TPSA) is 0 Å². The van der Waals surface area contributed by atoms with Gasteiger partial charge in [-0.05, 0) is 40.8 Å². The Morgan fingerprint density at radius 3 is 1.77 bits per heavy atom. The van der Waals surface area contributed by atoms with E-state index in [4.69, 9.17) is 0 Å². The van der Waals surface area contributed by atoms with Crippen molar-refractivity contribution in [2.45, 2.75) is 0 Å². The average molecular weight is 309 g/mol. The molecule has 1 rings (SSSR count). The van der Waals surface area contributed by atoms with E-state index in [-0.39, 0.29) is 5.82 Å². The van der Waals surface area contributed by atoms with E-state index in [1.54, 1.807) is 6.07 Å². The first kappa shape index (κ1) is 12.7. The highest BCUT2D eigenvalue weighted by Crippen LogP contribution is 2.06. The third kappa shape index (κ3) is 11.7. The van der Waals surface area contributed by atoms with Gasteiger partial charge in [-0.1, -0.05) is 6.07 Å². The van der Waals surface area contributed by atoms with Gasteiger partial charge in [-0.3, -0.25) is 0 Å². The molecular weight excluding hydrogens is 305 g/mol. The summed E-state index contributed by atoms with van der Waals surface area (Å²) in [4.78, 5) is 0. The van der Waals surface area contributed by atoms with Crippen LogP contribution in [0.4, 0.5) is 21.7 Å².